The van der Waals surface area contributed by atoms with Crippen LogP contribution in [0.4, 0.5) is 0 Å². The third kappa shape index (κ3) is 2.01. The number of hydrogen-bond donors (Lipinski definition) is 1. The van der Waals surface area contributed by atoms with Crippen molar-refractivity contribution >= 4 is 27.5 Å². The number of aromatic nitrogens is 2. The zero-order valence-corrected chi connectivity index (χ0v) is 10.3. The molecule has 0 aliphatic heterocycles. The fraction of sp³-hybridized carbons (Fsp3) is 0.100. The van der Waals surface area contributed by atoms with E-state index in [0.717, 1.165) is 21.3 Å². The average Bonchev–Trinajstić information content (AvgIpc) is 2.71. The molecule has 0 bridgehead atoms. The quantitative estimate of drug-likeness (QED) is 0.918. The first kappa shape index (κ1) is 10.5. The molecule has 1 N–H and O–H groups in total. The van der Waals surface area contributed by atoms with Crippen LogP contribution in [0.5, 0.6) is 5.75 Å². The third-order valence-corrected chi connectivity index (χ3v) is 2.98. The highest BCUT2D eigenvalue weighted by atomic mass is 79.9. The number of nitrogens with zero attached hydrogens (tertiary/aromatic N) is 1. The van der Waals surface area contributed by atoms with E-state index < -0.39 is 0 Å². The molecule has 0 spiro atoms. The normalized spacial score (nSPS) is 10.3. The minimum absolute atomic E-state index is 0.657. The lowest BCUT2D eigenvalue weighted by Gasteiger charge is -2.07. The Kier molecular flexibility index (Phi) is 2.98. The molecule has 5 heteroatoms. The smallest absolute Gasteiger partial charge is 0.133 e. The van der Waals surface area contributed by atoms with Gasteiger partial charge in [-0.2, -0.15) is 5.10 Å². The molecule has 0 fully saturated rings. The summed E-state index contributed by atoms with van der Waals surface area (Å²) in [5.74, 6) is 0.746. The van der Waals surface area contributed by atoms with Crippen LogP contribution >= 0.6 is 27.5 Å². The van der Waals surface area contributed by atoms with Crippen LogP contribution in [0, 0.1) is 0 Å². The second kappa shape index (κ2) is 4.24. The lowest BCUT2D eigenvalue weighted by molar-refractivity contribution is 0.412. The van der Waals surface area contributed by atoms with Crippen molar-refractivity contribution < 1.29 is 4.74 Å². The summed E-state index contributed by atoms with van der Waals surface area (Å²) in [5.41, 5.74) is 1.83. The SMILES string of the molecule is COc1cc(-c2cn[nH]c2)c(Cl)cc1Br. The average molecular weight is 288 g/mol. The van der Waals surface area contributed by atoms with Crippen molar-refractivity contribution in [2.24, 2.45) is 0 Å². The van der Waals surface area contributed by atoms with E-state index >= 15 is 0 Å². The second-order valence-electron chi connectivity index (χ2n) is 2.95. The molecule has 2 rings (SSSR count). The number of hydrogen-bond acceptors (Lipinski definition) is 2. The number of ether oxygens (including phenoxy) is 1. The van der Waals surface area contributed by atoms with Crippen molar-refractivity contribution in [3.05, 3.63) is 34.0 Å². The summed E-state index contributed by atoms with van der Waals surface area (Å²) in [6, 6.07) is 3.68. The predicted molar refractivity (Wildman–Crippen MR) is 63.3 cm³/mol. The lowest BCUT2D eigenvalue weighted by atomic mass is 10.1. The monoisotopic (exact) mass is 286 g/mol. The molecule has 1 aromatic heterocycles. The molecular weight excluding hydrogens is 279 g/mol. The highest BCUT2D eigenvalue weighted by Gasteiger charge is 2.09. The highest BCUT2D eigenvalue weighted by molar-refractivity contribution is 9.10. The molecule has 3 nitrogen and oxygen atoms in total. The molecule has 78 valence electrons. The Morgan fingerprint density at radius 2 is 2.27 bits per heavy atom. The van der Waals surface area contributed by atoms with E-state index in [-0.39, 0.29) is 0 Å². The van der Waals surface area contributed by atoms with Crippen LogP contribution in [0.25, 0.3) is 11.1 Å². The summed E-state index contributed by atoms with van der Waals surface area (Å²) in [6.45, 7) is 0. The Morgan fingerprint density at radius 1 is 1.47 bits per heavy atom. The zero-order chi connectivity index (χ0) is 10.8. The summed E-state index contributed by atoms with van der Waals surface area (Å²) >= 11 is 9.49. The molecule has 1 heterocycles. The zero-order valence-electron chi connectivity index (χ0n) is 7.92. The minimum atomic E-state index is 0.657. The summed E-state index contributed by atoms with van der Waals surface area (Å²) in [5, 5.41) is 7.28. The molecule has 0 atom stereocenters. The van der Waals surface area contributed by atoms with Crippen molar-refractivity contribution in [3.8, 4) is 16.9 Å². The van der Waals surface area contributed by atoms with Crippen molar-refractivity contribution in [3.63, 3.8) is 0 Å². The van der Waals surface area contributed by atoms with Gasteiger partial charge in [-0.15, -0.1) is 0 Å². The van der Waals surface area contributed by atoms with Gasteiger partial charge in [-0.3, -0.25) is 5.10 Å². The van der Waals surface area contributed by atoms with Gasteiger partial charge in [-0.25, -0.2) is 0 Å². The van der Waals surface area contributed by atoms with E-state index in [4.69, 9.17) is 16.3 Å². The summed E-state index contributed by atoms with van der Waals surface area (Å²) < 4.78 is 6.04. The minimum Gasteiger partial charge on any atom is -0.496 e. The maximum absolute atomic E-state index is 6.12. The van der Waals surface area contributed by atoms with Gasteiger partial charge in [0.05, 0.1) is 17.8 Å². The third-order valence-electron chi connectivity index (χ3n) is 2.05. The Balaban J connectivity index is 2.57. The van der Waals surface area contributed by atoms with E-state index in [1.165, 1.54) is 0 Å². The molecule has 0 radical (unpaired) electrons. The predicted octanol–water partition coefficient (Wildman–Crippen LogP) is 3.50. The second-order valence-corrected chi connectivity index (χ2v) is 4.22. The molecule has 1 aromatic carbocycles. The van der Waals surface area contributed by atoms with Crippen LogP contribution in [0.3, 0.4) is 0 Å². The first-order valence-corrected chi connectivity index (χ1v) is 5.41. The number of nitrogens with one attached hydrogen (secondary N) is 1. The van der Waals surface area contributed by atoms with Crippen LogP contribution in [0.2, 0.25) is 5.02 Å². The van der Waals surface area contributed by atoms with Crippen LogP contribution in [0.1, 0.15) is 0 Å². The first-order chi connectivity index (χ1) is 7.22. The largest absolute Gasteiger partial charge is 0.496 e. The molecule has 0 unspecified atom stereocenters. The summed E-state index contributed by atoms with van der Waals surface area (Å²) in [4.78, 5) is 0. The maximum Gasteiger partial charge on any atom is 0.133 e. The molecule has 0 aliphatic rings. The van der Waals surface area contributed by atoms with Crippen molar-refractivity contribution in [2.75, 3.05) is 7.11 Å². The molecule has 0 saturated carbocycles. The van der Waals surface area contributed by atoms with E-state index in [1.54, 1.807) is 19.5 Å². The Hall–Kier alpha value is -1.000. The molecular formula is C10H8BrClN2O. The molecule has 2 aromatic rings. The van der Waals surface area contributed by atoms with Gasteiger partial charge in [0.2, 0.25) is 0 Å². The number of methoxy groups -OCH3 is 1. The van der Waals surface area contributed by atoms with E-state index in [2.05, 4.69) is 26.1 Å². The fourth-order valence-corrected chi connectivity index (χ4v) is 2.21. The Labute approximate surface area is 101 Å². The van der Waals surface area contributed by atoms with Crippen molar-refractivity contribution in [1.82, 2.24) is 10.2 Å². The van der Waals surface area contributed by atoms with Crippen molar-refractivity contribution in [1.29, 1.82) is 0 Å². The Bertz CT molecular complexity index is 471. The molecule has 0 aliphatic carbocycles. The molecule has 15 heavy (non-hydrogen) atoms. The number of halogens is 2. The van der Waals surface area contributed by atoms with Crippen molar-refractivity contribution in [2.45, 2.75) is 0 Å². The van der Waals surface area contributed by atoms with E-state index in [1.807, 2.05) is 12.1 Å². The topological polar surface area (TPSA) is 37.9 Å². The first-order valence-electron chi connectivity index (χ1n) is 4.24. The van der Waals surface area contributed by atoms with E-state index in [0.29, 0.717) is 5.02 Å². The van der Waals surface area contributed by atoms with Crippen LogP contribution in [-0.4, -0.2) is 17.3 Å². The summed E-state index contributed by atoms with van der Waals surface area (Å²) in [6.07, 6.45) is 3.50. The number of H-pyrrole nitrogens is 1. The van der Waals surface area contributed by atoms with Gasteiger partial charge >= 0.3 is 0 Å². The van der Waals surface area contributed by atoms with Crippen LogP contribution in [0.15, 0.2) is 29.0 Å². The van der Waals surface area contributed by atoms with Gasteiger partial charge < -0.3 is 4.74 Å². The van der Waals surface area contributed by atoms with Gasteiger partial charge in [0.25, 0.3) is 0 Å². The van der Waals surface area contributed by atoms with Gasteiger partial charge in [-0.05, 0) is 28.1 Å². The maximum atomic E-state index is 6.12. The van der Waals surface area contributed by atoms with Gasteiger partial charge in [0.15, 0.2) is 0 Å². The van der Waals surface area contributed by atoms with Crippen LogP contribution in [-0.2, 0) is 0 Å². The molecule has 0 amide bonds. The lowest BCUT2D eigenvalue weighted by Crippen LogP contribution is -1.86. The Morgan fingerprint density at radius 3 is 2.87 bits per heavy atom. The number of benzene rings is 1. The fourth-order valence-electron chi connectivity index (χ4n) is 1.30. The van der Waals surface area contributed by atoms with Gasteiger partial charge in [0, 0.05) is 22.3 Å². The van der Waals surface area contributed by atoms with Crippen LogP contribution < -0.4 is 4.74 Å². The standard InChI is InChI=1S/C10H8BrClN2O/c1-15-10-2-7(6-4-13-14-5-6)9(12)3-8(10)11/h2-5H,1H3,(H,13,14). The summed E-state index contributed by atoms with van der Waals surface area (Å²) in [7, 11) is 1.62. The molecule has 0 saturated heterocycles. The number of rotatable bonds is 2. The van der Waals surface area contributed by atoms with Gasteiger partial charge in [-0.1, -0.05) is 11.6 Å². The van der Waals surface area contributed by atoms with Gasteiger partial charge in [0.1, 0.15) is 5.75 Å². The highest BCUT2D eigenvalue weighted by Crippen LogP contribution is 2.36. The van der Waals surface area contributed by atoms with E-state index in [9.17, 15) is 0 Å². The number of aromatic amines is 1.